The predicted molar refractivity (Wildman–Crippen MR) is 89.5 cm³/mol. The van der Waals surface area contributed by atoms with Gasteiger partial charge in [-0.05, 0) is 25.1 Å². The van der Waals surface area contributed by atoms with E-state index in [0.717, 1.165) is 10.2 Å². The Morgan fingerprint density at radius 2 is 2.08 bits per heavy atom. The van der Waals surface area contributed by atoms with Gasteiger partial charge in [0.05, 0.1) is 16.8 Å². The van der Waals surface area contributed by atoms with Crippen molar-refractivity contribution < 1.29 is 14.3 Å². The van der Waals surface area contributed by atoms with E-state index in [0.29, 0.717) is 11.4 Å². The number of ether oxygens (including phenoxy) is 1. The standard InChI is InChI=1S/C16H16N4O3S/c1-3-23-14(21)10-20-12-6-4-5-7-13(12)24-16(20)17-15(22)11-8-9-19(2)18-11/h4-9H,3,10H2,1-2H3. The molecule has 8 heteroatoms. The fraction of sp³-hybridized carbons (Fsp3) is 0.250. The molecule has 0 unspecified atom stereocenters. The van der Waals surface area contributed by atoms with Crippen molar-refractivity contribution in [1.82, 2.24) is 14.3 Å². The Kier molecular flexibility index (Phi) is 4.57. The second-order valence-corrected chi connectivity index (χ2v) is 6.04. The highest BCUT2D eigenvalue weighted by atomic mass is 32.1. The van der Waals surface area contributed by atoms with E-state index in [9.17, 15) is 9.59 Å². The molecule has 0 radical (unpaired) electrons. The van der Waals surface area contributed by atoms with Crippen molar-refractivity contribution in [3.8, 4) is 0 Å². The van der Waals surface area contributed by atoms with Gasteiger partial charge in [0.15, 0.2) is 10.5 Å². The van der Waals surface area contributed by atoms with Crippen LogP contribution < -0.4 is 4.80 Å². The van der Waals surface area contributed by atoms with Crippen molar-refractivity contribution in [3.63, 3.8) is 0 Å². The maximum Gasteiger partial charge on any atom is 0.326 e. The van der Waals surface area contributed by atoms with Gasteiger partial charge in [0.25, 0.3) is 5.91 Å². The second-order valence-electron chi connectivity index (χ2n) is 5.04. The van der Waals surface area contributed by atoms with Crippen molar-refractivity contribution in [2.75, 3.05) is 6.61 Å². The largest absolute Gasteiger partial charge is 0.465 e. The zero-order valence-electron chi connectivity index (χ0n) is 13.3. The molecule has 0 aliphatic rings. The summed E-state index contributed by atoms with van der Waals surface area (Å²) in [4.78, 5) is 28.8. The smallest absolute Gasteiger partial charge is 0.326 e. The van der Waals surface area contributed by atoms with Gasteiger partial charge in [0.2, 0.25) is 0 Å². The third kappa shape index (κ3) is 3.28. The molecular formula is C16H16N4O3S. The van der Waals surface area contributed by atoms with Gasteiger partial charge in [-0.3, -0.25) is 14.3 Å². The Morgan fingerprint density at radius 3 is 2.79 bits per heavy atom. The van der Waals surface area contributed by atoms with Crippen LogP contribution in [-0.4, -0.2) is 32.8 Å². The number of hydrogen-bond donors (Lipinski definition) is 0. The highest BCUT2D eigenvalue weighted by Crippen LogP contribution is 2.17. The van der Waals surface area contributed by atoms with Gasteiger partial charge in [0.1, 0.15) is 6.54 Å². The monoisotopic (exact) mass is 344 g/mol. The quantitative estimate of drug-likeness (QED) is 0.676. The van der Waals surface area contributed by atoms with Gasteiger partial charge in [-0.1, -0.05) is 23.5 Å². The summed E-state index contributed by atoms with van der Waals surface area (Å²) in [5.41, 5.74) is 1.10. The molecule has 3 rings (SSSR count). The van der Waals surface area contributed by atoms with E-state index in [-0.39, 0.29) is 18.2 Å². The molecule has 0 fully saturated rings. The number of thiazole rings is 1. The van der Waals surface area contributed by atoms with E-state index in [1.165, 1.54) is 11.3 Å². The first kappa shape index (κ1) is 16.1. The number of aryl methyl sites for hydroxylation is 1. The summed E-state index contributed by atoms with van der Waals surface area (Å²) in [6.45, 7) is 2.07. The van der Waals surface area contributed by atoms with Gasteiger partial charge >= 0.3 is 5.97 Å². The number of carbonyl (C=O) groups excluding carboxylic acids is 2. The number of hydrogen-bond acceptors (Lipinski definition) is 5. The van der Waals surface area contributed by atoms with Gasteiger partial charge in [-0.2, -0.15) is 10.1 Å². The first-order valence-electron chi connectivity index (χ1n) is 7.41. The lowest BCUT2D eigenvalue weighted by atomic mass is 10.3. The van der Waals surface area contributed by atoms with Crippen LogP contribution in [0.2, 0.25) is 0 Å². The number of aromatic nitrogens is 3. The maximum atomic E-state index is 12.3. The van der Waals surface area contributed by atoms with Crippen molar-refractivity contribution in [2.45, 2.75) is 13.5 Å². The molecule has 124 valence electrons. The fourth-order valence-electron chi connectivity index (χ4n) is 2.27. The number of amides is 1. The lowest BCUT2D eigenvalue weighted by Crippen LogP contribution is -2.23. The van der Waals surface area contributed by atoms with E-state index >= 15 is 0 Å². The van der Waals surface area contributed by atoms with Crippen LogP contribution in [0.3, 0.4) is 0 Å². The Hall–Kier alpha value is -2.74. The first-order valence-corrected chi connectivity index (χ1v) is 8.23. The van der Waals surface area contributed by atoms with Crippen LogP contribution in [0.1, 0.15) is 17.4 Å². The van der Waals surface area contributed by atoms with Gasteiger partial charge in [-0.25, -0.2) is 0 Å². The molecule has 2 aromatic heterocycles. The second kappa shape index (κ2) is 6.79. The van der Waals surface area contributed by atoms with E-state index in [1.807, 2.05) is 24.3 Å². The number of fused-ring (bicyclic) bond motifs is 1. The number of rotatable bonds is 4. The zero-order valence-corrected chi connectivity index (χ0v) is 14.1. The van der Waals surface area contributed by atoms with E-state index in [4.69, 9.17) is 4.74 Å². The van der Waals surface area contributed by atoms with Crippen LogP contribution in [0.4, 0.5) is 0 Å². The summed E-state index contributed by atoms with van der Waals surface area (Å²) in [6, 6.07) is 9.19. The molecule has 2 heterocycles. The first-order chi connectivity index (χ1) is 11.6. The molecule has 0 atom stereocenters. The number of para-hydroxylation sites is 1. The third-order valence-corrected chi connectivity index (χ3v) is 4.37. The minimum Gasteiger partial charge on any atom is -0.465 e. The predicted octanol–water partition coefficient (Wildman–Crippen LogP) is 1.74. The number of carbonyl (C=O) groups is 2. The number of esters is 1. The van der Waals surface area contributed by atoms with Crippen LogP contribution in [0.5, 0.6) is 0 Å². The molecule has 7 nitrogen and oxygen atoms in total. The lowest BCUT2D eigenvalue weighted by molar-refractivity contribution is -0.143. The molecule has 24 heavy (non-hydrogen) atoms. The van der Waals surface area contributed by atoms with E-state index < -0.39 is 5.91 Å². The van der Waals surface area contributed by atoms with Crippen LogP contribution in [0.15, 0.2) is 41.5 Å². The molecule has 0 saturated carbocycles. The Balaban J connectivity index is 2.07. The number of nitrogens with zero attached hydrogens (tertiary/aromatic N) is 4. The summed E-state index contributed by atoms with van der Waals surface area (Å²) in [6.07, 6.45) is 1.68. The lowest BCUT2D eigenvalue weighted by Gasteiger charge is -2.04. The Morgan fingerprint density at radius 1 is 1.29 bits per heavy atom. The molecule has 0 aliphatic heterocycles. The van der Waals surface area contributed by atoms with Crippen LogP contribution in [0.25, 0.3) is 10.2 Å². The summed E-state index contributed by atoms with van der Waals surface area (Å²) >= 11 is 1.35. The zero-order chi connectivity index (χ0) is 17.1. The van der Waals surface area contributed by atoms with Crippen LogP contribution in [-0.2, 0) is 23.1 Å². The molecule has 0 bridgehead atoms. The fourth-order valence-corrected chi connectivity index (χ4v) is 3.30. The normalized spacial score (nSPS) is 11.8. The van der Waals surface area contributed by atoms with Crippen molar-refractivity contribution in [2.24, 2.45) is 12.0 Å². The topological polar surface area (TPSA) is 78.5 Å². The van der Waals surface area contributed by atoms with Crippen molar-refractivity contribution in [3.05, 3.63) is 47.0 Å². The molecule has 3 aromatic rings. The van der Waals surface area contributed by atoms with Gasteiger partial charge in [0, 0.05) is 13.2 Å². The average molecular weight is 344 g/mol. The molecule has 1 amide bonds. The average Bonchev–Trinajstić information content (AvgIpc) is 3.12. The third-order valence-electron chi connectivity index (χ3n) is 3.31. The maximum absolute atomic E-state index is 12.3. The summed E-state index contributed by atoms with van der Waals surface area (Å²) < 4.78 is 9.19. The summed E-state index contributed by atoms with van der Waals surface area (Å²) in [5.74, 6) is -0.812. The van der Waals surface area contributed by atoms with E-state index in [1.54, 1.807) is 35.5 Å². The SMILES string of the molecule is CCOC(=O)Cn1c(=NC(=O)c2ccn(C)n2)sc2ccccc21. The molecular weight excluding hydrogens is 328 g/mol. The molecule has 1 aromatic carbocycles. The number of benzene rings is 1. The molecule has 0 N–H and O–H groups in total. The van der Waals surface area contributed by atoms with Crippen LogP contribution >= 0.6 is 11.3 Å². The molecule has 0 aliphatic carbocycles. The Labute approximate surface area is 141 Å². The highest BCUT2D eigenvalue weighted by Gasteiger charge is 2.13. The van der Waals surface area contributed by atoms with Gasteiger partial charge < -0.3 is 9.30 Å². The minimum absolute atomic E-state index is 0.00614. The van der Waals surface area contributed by atoms with Crippen LogP contribution in [0, 0.1) is 0 Å². The highest BCUT2D eigenvalue weighted by molar-refractivity contribution is 7.16. The minimum atomic E-state index is -0.445. The van der Waals surface area contributed by atoms with Crippen molar-refractivity contribution >= 4 is 33.4 Å². The summed E-state index contributed by atoms with van der Waals surface area (Å²) in [5, 5.41) is 4.06. The Bertz CT molecular complexity index is 967. The van der Waals surface area contributed by atoms with Crippen molar-refractivity contribution in [1.29, 1.82) is 0 Å². The molecule has 0 spiro atoms. The van der Waals surface area contributed by atoms with Gasteiger partial charge in [-0.15, -0.1) is 0 Å². The van der Waals surface area contributed by atoms with E-state index in [2.05, 4.69) is 10.1 Å². The summed E-state index contributed by atoms with van der Waals surface area (Å²) in [7, 11) is 1.73. The molecule has 0 saturated heterocycles.